The summed E-state index contributed by atoms with van der Waals surface area (Å²) >= 11 is 0. The molecule has 1 aliphatic rings. The summed E-state index contributed by atoms with van der Waals surface area (Å²) in [6, 6.07) is 11.5. The molecule has 2 aromatic carbocycles. The van der Waals surface area contributed by atoms with Crippen LogP contribution in [0, 0.1) is 13.8 Å². The zero-order chi connectivity index (χ0) is 22.1. The minimum absolute atomic E-state index is 0.0454. The molecular weight excluding hydrogens is 400 g/mol. The van der Waals surface area contributed by atoms with Gasteiger partial charge in [-0.3, -0.25) is 0 Å². The van der Waals surface area contributed by atoms with Crippen molar-refractivity contribution in [1.82, 2.24) is 4.98 Å². The number of anilines is 1. The minimum Gasteiger partial charge on any atom is -0.466 e. The van der Waals surface area contributed by atoms with Gasteiger partial charge in [0, 0.05) is 11.3 Å². The second kappa shape index (κ2) is 8.23. The Kier molecular flexibility index (Phi) is 5.48. The molecule has 3 aromatic rings. The van der Waals surface area contributed by atoms with E-state index in [1.165, 1.54) is 14.2 Å². The molecule has 0 aliphatic carbocycles. The van der Waals surface area contributed by atoms with Gasteiger partial charge in [-0.25, -0.2) is 14.6 Å². The van der Waals surface area contributed by atoms with Crippen molar-refractivity contribution in [2.75, 3.05) is 32.5 Å². The molecule has 8 heteroatoms. The maximum absolute atomic E-state index is 12.5. The van der Waals surface area contributed by atoms with Crippen molar-refractivity contribution in [1.29, 1.82) is 0 Å². The fourth-order valence-corrected chi connectivity index (χ4v) is 3.61. The fourth-order valence-electron chi connectivity index (χ4n) is 3.61. The van der Waals surface area contributed by atoms with Gasteiger partial charge in [-0.05, 0) is 43.2 Å². The lowest BCUT2D eigenvalue weighted by Gasteiger charge is -2.31. The quantitative estimate of drug-likeness (QED) is 0.590. The van der Waals surface area contributed by atoms with E-state index < -0.39 is 11.9 Å². The van der Waals surface area contributed by atoms with E-state index in [4.69, 9.17) is 18.6 Å². The Bertz CT molecular complexity index is 1210. The summed E-state index contributed by atoms with van der Waals surface area (Å²) in [5.41, 5.74) is 4.87. The lowest BCUT2D eigenvalue weighted by Crippen LogP contribution is -2.38. The number of methoxy groups -OCH3 is 2. The highest BCUT2D eigenvalue weighted by Crippen LogP contribution is 2.34. The summed E-state index contributed by atoms with van der Waals surface area (Å²) in [6.45, 7) is 3.91. The average molecular weight is 422 g/mol. The van der Waals surface area contributed by atoms with Gasteiger partial charge in [0.25, 0.3) is 0 Å². The highest BCUT2D eigenvalue weighted by Gasteiger charge is 2.33. The number of fused-ring (bicyclic) bond motifs is 1. The number of nitrogens with zero attached hydrogens (tertiary/aromatic N) is 2. The number of aryl methyl sites for hydroxylation is 2. The molecule has 8 nitrogen and oxygen atoms in total. The smallest absolute Gasteiger partial charge is 0.355 e. The Morgan fingerprint density at radius 3 is 2.48 bits per heavy atom. The monoisotopic (exact) mass is 422 g/mol. The number of oxazole rings is 1. The highest BCUT2D eigenvalue weighted by atomic mass is 16.5. The fraction of sp³-hybridized carbons (Fsp3) is 0.261. The second-order valence-corrected chi connectivity index (χ2v) is 7.16. The third-order valence-electron chi connectivity index (χ3n) is 5.18. The molecule has 0 unspecified atom stereocenters. The van der Waals surface area contributed by atoms with Crippen molar-refractivity contribution in [2.45, 2.75) is 13.8 Å². The Hall–Kier alpha value is -3.65. The molecule has 0 saturated carbocycles. The molecule has 0 spiro atoms. The van der Waals surface area contributed by atoms with Crippen LogP contribution in [0.5, 0.6) is 0 Å². The summed E-state index contributed by atoms with van der Waals surface area (Å²) in [5, 5.41) is 0. The lowest BCUT2D eigenvalue weighted by atomic mass is 10.1. The van der Waals surface area contributed by atoms with E-state index in [9.17, 15) is 9.59 Å². The van der Waals surface area contributed by atoms with Gasteiger partial charge in [0.05, 0.1) is 26.4 Å². The predicted octanol–water partition coefficient (Wildman–Crippen LogP) is 3.51. The van der Waals surface area contributed by atoms with Crippen molar-refractivity contribution >= 4 is 28.7 Å². The number of ether oxygens (including phenoxy) is 3. The molecule has 0 N–H and O–H groups in total. The first-order chi connectivity index (χ1) is 14.9. The maximum Gasteiger partial charge on any atom is 0.355 e. The number of hydrogen-bond acceptors (Lipinski definition) is 8. The molecule has 0 amide bonds. The van der Waals surface area contributed by atoms with Crippen LogP contribution in [0.25, 0.3) is 22.6 Å². The first-order valence-corrected chi connectivity index (χ1v) is 9.66. The van der Waals surface area contributed by atoms with Crippen molar-refractivity contribution < 1.29 is 28.2 Å². The molecule has 1 aromatic heterocycles. The van der Waals surface area contributed by atoms with Gasteiger partial charge in [-0.2, -0.15) is 0 Å². The minimum atomic E-state index is -0.651. The lowest BCUT2D eigenvalue weighted by molar-refractivity contribution is -0.140. The average Bonchev–Trinajstić information content (AvgIpc) is 3.22. The molecule has 0 atom stereocenters. The largest absolute Gasteiger partial charge is 0.466 e. The molecule has 160 valence electrons. The second-order valence-electron chi connectivity index (χ2n) is 7.16. The molecule has 0 bridgehead atoms. The first-order valence-electron chi connectivity index (χ1n) is 9.66. The van der Waals surface area contributed by atoms with Crippen LogP contribution in [-0.2, 0) is 23.8 Å². The molecule has 4 rings (SSSR count). The summed E-state index contributed by atoms with van der Waals surface area (Å²) in [4.78, 5) is 31.0. The number of esters is 2. The van der Waals surface area contributed by atoms with E-state index in [-0.39, 0.29) is 24.6 Å². The molecular formula is C23H22N2O6. The van der Waals surface area contributed by atoms with E-state index in [2.05, 4.69) is 4.98 Å². The van der Waals surface area contributed by atoms with Gasteiger partial charge >= 0.3 is 11.9 Å². The van der Waals surface area contributed by atoms with Gasteiger partial charge in [0.15, 0.2) is 5.58 Å². The van der Waals surface area contributed by atoms with Crippen LogP contribution in [0.2, 0.25) is 0 Å². The Morgan fingerprint density at radius 2 is 1.77 bits per heavy atom. The van der Waals surface area contributed by atoms with E-state index in [0.717, 1.165) is 16.7 Å². The molecule has 2 heterocycles. The van der Waals surface area contributed by atoms with Gasteiger partial charge in [-0.1, -0.05) is 18.2 Å². The molecule has 0 fully saturated rings. The van der Waals surface area contributed by atoms with E-state index >= 15 is 0 Å². The van der Waals surface area contributed by atoms with Crippen LogP contribution in [-0.4, -0.2) is 44.5 Å². The standard InChI is InChI=1S/C23H22N2O6/c1-13-7-5-6-8-16(13)21-24-18-10-15(9-14(2)20(18)31-21)25-12-30-11-17(22(26)28-3)19(25)23(27)29-4/h5-10H,11-12H2,1-4H3. The van der Waals surface area contributed by atoms with Gasteiger partial charge in [0.1, 0.15) is 17.9 Å². The topological polar surface area (TPSA) is 91.1 Å². The van der Waals surface area contributed by atoms with Crippen molar-refractivity contribution in [3.8, 4) is 11.5 Å². The zero-order valence-corrected chi connectivity index (χ0v) is 17.7. The summed E-state index contributed by atoms with van der Waals surface area (Å²) < 4.78 is 21.3. The number of hydrogen-bond donors (Lipinski definition) is 0. The predicted molar refractivity (Wildman–Crippen MR) is 113 cm³/mol. The number of carbonyl (C=O) groups is 2. The Balaban J connectivity index is 1.84. The highest BCUT2D eigenvalue weighted by molar-refractivity contribution is 6.03. The summed E-state index contributed by atoms with van der Waals surface area (Å²) in [7, 11) is 2.51. The maximum atomic E-state index is 12.5. The van der Waals surface area contributed by atoms with Crippen molar-refractivity contribution in [3.63, 3.8) is 0 Å². The Labute approximate surface area is 179 Å². The summed E-state index contributed by atoms with van der Waals surface area (Å²) in [6.07, 6.45) is 0. The molecule has 1 aliphatic heterocycles. The van der Waals surface area contributed by atoms with E-state index in [0.29, 0.717) is 22.7 Å². The molecule has 0 saturated heterocycles. The van der Waals surface area contributed by atoms with Crippen LogP contribution in [0.1, 0.15) is 11.1 Å². The summed E-state index contributed by atoms with van der Waals surface area (Å²) in [5.74, 6) is -0.782. The SMILES string of the molecule is COC(=O)C1=C(C(=O)OC)N(c2cc(C)c3oc(-c4ccccc4C)nc3c2)COC1. The third kappa shape index (κ3) is 3.66. The van der Waals surface area contributed by atoms with Crippen LogP contribution in [0.15, 0.2) is 52.1 Å². The number of benzene rings is 2. The van der Waals surface area contributed by atoms with Gasteiger partial charge < -0.3 is 23.5 Å². The van der Waals surface area contributed by atoms with E-state index in [1.807, 2.05) is 44.2 Å². The van der Waals surface area contributed by atoms with Gasteiger partial charge in [0.2, 0.25) is 5.89 Å². The van der Waals surface area contributed by atoms with Crippen LogP contribution in [0.3, 0.4) is 0 Å². The van der Waals surface area contributed by atoms with E-state index in [1.54, 1.807) is 11.0 Å². The normalized spacial score (nSPS) is 14.1. The van der Waals surface area contributed by atoms with Crippen LogP contribution < -0.4 is 4.90 Å². The molecule has 31 heavy (non-hydrogen) atoms. The molecule has 0 radical (unpaired) electrons. The zero-order valence-electron chi connectivity index (χ0n) is 17.7. The van der Waals surface area contributed by atoms with Crippen molar-refractivity contribution in [2.24, 2.45) is 0 Å². The van der Waals surface area contributed by atoms with Gasteiger partial charge in [-0.15, -0.1) is 0 Å². The van der Waals surface area contributed by atoms with Crippen molar-refractivity contribution in [3.05, 3.63) is 58.8 Å². The number of aromatic nitrogens is 1. The third-order valence-corrected chi connectivity index (χ3v) is 5.18. The van der Waals surface area contributed by atoms with Crippen LogP contribution in [0.4, 0.5) is 5.69 Å². The first kappa shape index (κ1) is 20.6. The Morgan fingerprint density at radius 1 is 1.03 bits per heavy atom. The van der Waals surface area contributed by atoms with Crippen LogP contribution >= 0.6 is 0 Å². The number of rotatable bonds is 4. The number of carbonyl (C=O) groups excluding carboxylic acids is 2.